The van der Waals surface area contributed by atoms with Crippen LogP contribution in [0.25, 0.3) is 5.65 Å². The van der Waals surface area contributed by atoms with Crippen LogP contribution in [0.15, 0.2) is 40.3 Å². The van der Waals surface area contributed by atoms with Gasteiger partial charge < -0.3 is 5.32 Å². The highest BCUT2D eigenvalue weighted by Gasteiger charge is 2.30. The minimum absolute atomic E-state index is 0.0920. The summed E-state index contributed by atoms with van der Waals surface area (Å²) in [5.41, 5.74) is 2.55. The third kappa shape index (κ3) is 2.75. The van der Waals surface area contributed by atoms with Crippen molar-refractivity contribution in [3.63, 3.8) is 0 Å². The van der Waals surface area contributed by atoms with E-state index in [1.54, 1.807) is 29.9 Å². The minimum Gasteiger partial charge on any atom is -0.370 e. The Labute approximate surface area is 157 Å². The van der Waals surface area contributed by atoms with Crippen LogP contribution in [0.3, 0.4) is 0 Å². The maximum absolute atomic E-state index is 13.3. The largest absolute Gasteiger partial charge is 0.370 e. The Hall–Kier alpha value is -2.12. The van der Waals surface area contributed by atoms with E-state index in [1.807, 2.05) is 0 Å². The molecule has 2 aromatic heterocycles. The molecule has 0 aliphatic heterocycles. The van der Waals surface area contributed by atoms with Gasteiger partial charge in [-0.05, 0) is 49.4 Å². The van der Waals surface area contributed by atoms with Crippen molar-refractivity contribution in [3.05, 3.63) is 46.7 Å². The number of benzene rings is 1. The summed E-state index contributed by atoms with van der Waals surface area (Å²) in [5, 5.41) is 7.82. The second-order valence-electron chi connectivity index (χ2n) is 6.41. The van der Waals surface area contributed by atoms with Gasteiger partial charge in [0, 0.05) is 24.0 Å². The monoisotopic (exact) mass is 390 g/mol. The van der Waals surface area contributed by atoms with Crippen LogP contribution in [0.2, 0.25) is 5.02 Å². The molecule has 0 fully saturated rings. The van der Waals surface area contributed by atoms with Crippen molar-refractivity contribution in [2.75, 3.05) is 12.4 Å². The average molecular weight is 391 g/mol. The van der Waals surface area contributed by atoms with Gasteiger partial charge in [0.25, 0.3) is 0 Å². The predicted octanol–water partition coefficient (Wildman–Crippen LogP) is 3.53. The first-order chi connectivity index (χ1) is 12.5. The predicted molar refractivity (Wildman–Crippen MR) is 101 cm³/mol. The molecule has 0 radical (unpaired) electrons. The zero-order valence-electron chi connectivity index (χ0n) is 14.4. The van der Waals surface area contributed by atoms with Gasteiger partial charge in [0.2, 0.25) is 9.84 Å². The van der Waals surface area contributed by atoms with Crippen molar-refractivity contribution in [1.82, 2.24) is 14.6 Å². The normalized spacial score (nSPS) is 14.8. The fourth-order valence-electron chi connectivity index (χ4n) is 3.47. The highest BCUT2D eigenvalue weighted by molar-refractivity contribution is 7.91. The van der Waals surface area contributed by atoms with E-state index in [9.17, 15) is 8.42 Å². The molecule has 6 nitrogen and oxygen atoms in total. The number of hydrogen-bond acceptors (Lipinski definition) is 5. The number of sulfone groups is 1. The number of hydrogen-bond donors (Lipinski definition) is 1. The van der Waals surface area contributed by atoms with Gasteiger partial charge in [-0.3, -0.25) is 0 Å². The molecule has 1 aliphatic rings. The third-order valence-corrected chi connectivity index (χ3v) is 6.78. The Morgan fingerprint density at radius 1 is 1.19 bits per heavy atom. The molecule has 0 saturated heterocycles. The van der Waals surface area contributed by atoms with Crippen LogP contribution in [0.1, 0.15) is 30.5 Å². The molecule has 3 aromatic rings. The molecular formula is C18H19ClN4O2S. The topological polar surface area (TPSA) is 76.4 Å². The van der Waals surface area contributed by atoms with Crippen LogP contribution in [0.5, 0.6) is 0 Å². The molecule has 2 heterocycles. The molecule has 8 heteroatoms. The lowest BCUT2D eigenvalue weighted by Crippen LogP contribution is -2.07. The summed E-state index contributed by atoms with van der Waals surface area (Å²) in [5.74, 6) is 0.301. The first kappa shape index (κ1) is 17.3. The Kier molecular flexibility index (Phi) is 4.36. The summed E-state index contributed by atoms with van der Waals surface area (Å²) in [6, 6.07) is 6.25. The molecule has 1 aliphatic carbocycles. The van der Waals surface area contributed by atoms with Crippen molar-refractivity contribution in [2.24, 2.45) is 0 Å². The Bertz CT molecular complexity index is 1090. The Balaban J connectivity index is 1.99. The third-order valence-electron chi connectivity index (χ3n) is 4.76. The minimum atomic E-state index is -3.82. The van der Waals surface area contributed by atoms with Crippen LogP contribution < -0.4 is 5.32 Å². The van der Waals surface area contributed by atoms with Gasteiger partial charge in [0.15, 0.2) is 16.4 Å². The SMILES string of the molecule is CNc1nn2c3c(cnc2c1S(=O)(=O)c1cccc(Cl)c1)CCCCC3. The molecule has 0 unspecified atom stereocenters. The van der Waals surface area contributed by atoms with Crippen molar-refractivity contribution in [2.45, 2.75) is 41.9 Å². The highest BCUT2D eigenvalue weighted by atomic mass is 35.5. The highest BCUT2D eigenvalue weighted by Crippen LogP contribution is 2.33. The Morgan fingerprint density at radius 3 is 2.77 bits per heavy atom. The number of aryl methyl sites for hydroxylation is 2. The summed E-state index contributed by atoms with van der Waals surface area (Å²) in [6.07, 6.45) is 6.96. The molecule has 0 saturated carbocycles. The number of nitrogens with zero attached hydrogens (tertiary/aromatic N) is 3. The zero-order valence-corrected chi connectivity index (χ0v) is 15.9. The van der Waals surface area contributed by atoms with Crippen LogP contribution in [-0.2, 0) is 22.7 Å². The van der Waals surface area contributed by atoms with Gasteiger partial charge in [-0.2, -0.15) is 0 Å². The van der Waals surface area contributed by atoms with E-state index in [1.165, 1.54) is 12.1 Å². The van der Waals surface area contributed by atoms with Gasteiger partial charge in [-0.15, -0.1) is 5.10 Å². The molecule has 26 heavy (non-hydrogen) atoms. The molecule has 0 amide bonds. The number of rotatable bonds is 3. The van der Waals surface area contributed by atoms with Gasteiger partial charge in [0.05, 0.1) is 4.90 Å². The summed E-state index contributed by atoms with van der Waals surface area (Å²) in [6.45, 7) is 0. The lowest BCUT2D eigenvalue weighted by Gasteiger charge is -2.08. The summed E-state index contributed by atoms with van der Waals surface area (Å²) < 4.78 is 28.3. The van der Waals surface area contributed by atoms with Crippen molar-refractivity contribution < 1.29 is 8.42 Å². The molecule has 136 valence electrons. The Morgan fingerprint density at radius 2 is 2.00 bits per heavy atom. The first-order valence-electron chi connectivity index (χ1n) is 8.60. The van der Waals surface area contributed by atoms with Gasteiger partial charge in [0.1, 0.15) is 0 Å². The van der Waals surface area contributed by atoms with E-state index in [4.69, 9.17) is 11.6 Å². The molecule has 1 aromatic carbocycles. The van der Waals surface area contributed by atoms with Gasteiger partial charge in [-0.1, -0.05) is 24.1 Å². The zero-order chi connectivity index (χ0) is 18.3. The average Bonchev–Trinajstić information content (AvgIpc) is 2.85. The lowest BCUT2D eigenvalue weighted by atomic mass is 10.1. The van der Waals surface area contributed by atoms with Crippen molar-refractivity contribution in [3.8, 4) is 0 Å². The molecular weight excluding hydrogens is 372 g/mol. The van der Waals surface area contributed by atoms with Crippen LogP contribution in [-0.4, -0.2) is 30.1 Å². The van der Waals surface area contributed by atoms with E-state index >= 15 is 0 Å². The number of halogens is 1. The lowest BCUT2D eigenvalue weighted by molar-refractivity contribution is 0.597. The fourth-order valence-corrected chi connectivity index (χ4v) is 5.28. The van der Waals surface area contributed by atoms with E-state index in [-0.39, 0.29) is 9.79 Å². The second-order valence-corrected chi connectivity index (χ2v) is 8.74. The summed E-state index contributed by atoms with van der Waals surface area (Å²) in [7, 11) is -2.15. The van der Waals surface area contributed by atoms with E-state index in [0.717, 1.165) is 43.4 Å². The number of aromatic nitrogens is 3. The summed E-state index contributed by atoms with van der Waals surface area (Å²) >= 11 is 6.00. The first-order valence-corrected chi connectivity index (χ1v) is 10.5. The van der Waals surface area contributed by atoms with E-state index in [2.05, 4.69) is 15.4 Å². The maximum atomic E-state index is 13.3. The molecule has 0 bridgehead atoms. The molecule has 0 spiro atoms. The number of fused-ring (bicyclic) bond motifs is 3. The number of anilines is 1. The van der Waals surface area contributed by atoms with Crippen molar-refractivity contribution >= 4 is 32.9 Å². The molecule has 0 atom stereocenters. The van der Waals surface area contributed by atoms with Gasteiger partial charge in [-0.25, -0.2) is 17.9 Å². The summed E-state index contributed by atoms with van der Waals surface area (Å²) in [4.78, 5) is 4.69. The quantitative estimate of drug-likeness (QED) is 0.692. The van der Waals surface area contributed by atoms with E-state index in [0.29, 0.717) is 16.5 Å². The maximum Gasteiger partial charge on any atom is 0.214 e. The van der Waals surface area contributed by atoms with Gasteiger partial charge >= 0.3 is 0 Å². The van der Waals surface area contributed by atoms with Crippen molar-refractivity contribution in [1.29, 1.82) is 0 Å². The standard InChI is InChI=1S/C18H19ClN4O2S/c1-20-17-16(26(24,25)14-8-5-7-13(19)10-14)18-21-11-12-6-3-2-4-9-15(12)23(18)22-17/h5,7-8,10-11H,2-4,6,9H2,1H3,(H,20,22). The molecule has 1 N–H and O–H groups in total. The molecule has 4 rings (SSSR count). The van der Waals surface area contributed by atoms with Crippen LogP contribution in [0, 0.1) is 0 Å². The smallest absolute Gasteiger partial charge is 0.214 e. The fraction of sp³-hybridized carbons (Fsp3) is 0.333. The van der Waals surface area contributed by atoms with Crippen LogP contribution >= 0.6 is 11.6 Å². The second kappa shape index (κ2) is 6.55. The van der Waals surface area contributed by atoms with Crippen LogP contribution in [0.4, 0.5) is 5.82 Å². The van der Waals surface area contributed by atoms with E-state index < -0.39 is 9.84 Å². The number of nitrogens with one attached hydrogen (secondary N) is 1.